The van der Waals surface area contributed by atoms with E-state index in [1.165, 1.54) is 13.2 Å². The maximum absolute atomic E-state index is 12.7. The van der Waals surface area contributed by atoms with Crippen molar-refractivity contribution in [2.45, 2.75) is 5.51 Å². The Bertz CT molecular complexity index is 1000. The molecule has 2 aromatic rings. The van der Waals surface area contributed by atoms with Crippen molar-refractivity contribution in [1.82, 2.24) is 0 Å². The molecule has 0 radical (unpaired) electrons. The number of benzene rings is 2. The van der Waals surface area contributed by atoms with E-state index in [9.17, 15) is 26.4 Å². The SMILES string of the molecule is COc1cc(-c2ccc(N(C)C)cc2)c(OC)c(C=O)c1OS(=O)(=O)C(F)(F)F. The van der Waals surface area contributed by atoms with Crippen molar-refractivity contribution in [3.63, 3.8) is 0 Å². The van der Waals surface area contributed by atoms with Gasteiger partial charge >= 0.3 is 15.6 Å². The van der Waals surface area contributed by atoms with Gasteiger partial charge in [-0.05, 0) is 23.8 Å². The molecule has 0 aliphatic heterocycles. The molecular formula is C18H18F3NO6S. The Morgan fingerprint density at radius 2 is 1.59 bits per heavy atom. The van der Waals surface area contributed by atoms with E-state index in [1.54, 1.807) is 24.3 Å². The van der Waals surface area contributed by atoms with E-state index in [1.807, 2.05) is 19.0 Å². The molecule has 7 nitrogen and oxygen atoms in total. The van der Waals surface area contributed by atoms with Crippen LogP contribution in [0.25, 0.3) is 11.1 Å². The first-order valence-corrected chi connectivity index (χ1v) is 9.40. The molecule has 0 bridgehead atoms. The van der Waals surface area contributed by atoms with Crippen molar-refractivity contribution >= 4 is 22.1 Å². The highest BCUT2D eigenvalue weighted by Gasteiger charge is 2.49. The van der Waals surface area contributed by atoms with Crippen LogP contribution in [-0.2, 0) is 10.1 Å². The van der Waals surface area contributed by atoms with Crippen molar-refractivity contribution in [2.75, 3.05) is 33.2 Å². The number of hydrogen-bond acceptors (Lipinski definition) is 7. The standard InChI is InChI=1S/C18H18F3NO6S/c1-22(2)12-7-5-11(6-8-12)13-9-15(26-3)17(14(10-23)16(13)27-4)28-29(24,25)18(19,20)21/h5-10H,1-4H3. The van der Waals surface area contributed by atoms with Crippen molar-refractivity contribution < 1.29 is 40.0 Å². The van der Waals surface area contributed by atoms with Gasteiger partial charge in [0.1, 0.15) is 11.3 Å². The van der Waals surface area contributed by atoms with Crippen LogP contribution < -0.4 is 18.6 Å². The molecule has 0 spiro atoms. The smallest absolute Gasteiger partial charge is 0.495 e. The molecule has 158 valence electrons. The van der Waals surface area contributed by atoms with Crippen molar-refractivity contribution in [2.24, 2.45) is 0 Å². The van der Waals surface area contributed by atoms with Gasteiger partial charge in [0.25, 0.3) is 0 Å². The average Bonchev–Trinajstić information content (AvgIpc) is 2.66. The van der Waals surface area contributed by atoms with Gasteiger partial charge in [-0.2, -0.15) is 21.6 Å². The number of rotatable bonds is 7. The van der Waals surface area contributed by atoms with Crippen LogP contribution in [0.2, 0.25) is 0 Å². The minimum Gasteiger partial charge on any atom is -0.495 e. The van der Waals surface area contributed by atoms with Crippen LogP contribution in [0, 0.1) is 0 Å². The normalized spacial score (nSPS) is 11.7. The van der Waals surface area contributed by atoms with Crippen molar-refractivity contribution in [3.05, 3.63) is 35.9 Å². The molecule has 0 aromatic heterocycles. The molecule has 2 aromatic carbocycles. The quantitative estimate of drug-likeness (QED) is 0.376. The molecule has 29 heavy (non-hydrogen) atoms. The third-order valence-corrected chi connectivity index (χ3v) is 4.90. The Labute approximate surface area is 165 Å². The largest absolute Gasteiger partial charge is 0.534 e. The Morgan fingerprint density at radius 1 is 1.00 bits per heavy atom. The van der Waals surface area contributed by atoms with Crippen LogP contribution in [-0.4, -0.2) is 48.5 Å². The summed E-state index contributed by atoms with van der Waals surface area (Å²) in [5.74, 6) is -1.46. The Hall–Kier alpha value is -2.95. The van der Waals surface area contributed by atoms with Crippen LogP contribution in [0.4, 0.5) is 18.9 Å². The Kier molecular flexibility index (Phi) is 6.31. The molecule has 0 heterocycles. The third-order valence-electron chi connectivity index (χ3n) is 3.95. The highest BCUT2D eigenvalue weighted by molar-refractivity contribution is 7.88. The summed E-state index contributed by atoms with van der Waals surface area (Å²) in [7, 11) is -0.0578. The number of ether oxygens (including phenoxy) is 2. The Balaban J connectivity index is 2.72. The van der Waals surface area contributed by atoms with Crippen molar-refractivity contribution in [3.8, 4) is 28.4 Å². The Morgan fingerprint density at radius 3 is 2.00 bits per heavy atom. The number of nitrogens with zero attached hydrogens (tertiary/aromatic N) is 1. The molecule has 11 heteroatoms. The predicted molar refractivity (Wildman–Crippen MR) is 100 cm³/mol. The van der Waals surface area contributed by atoms with E-state index in [-0.39, 0.29) is 17.8 Å². The summed E-state index contributed by atoms with van der Waals surface area (Å²) in [5.41, 5.74) is -4.49. The summed E-state index contributed by atoms with van der Waals surface area (Å²) in [6, 6.07) is 8.20. The molecule has 0 N–H and O–H groups in total. The van der Waals surface area contributed by atoms with Crippen molar-refractivity contribution in [1.29, 1.82) is 0 Å². The molecule has 0 unspecified atom stereocenters. The minimum absolute atomic E-state index is 0.139. The van der Waals surface area contributed by atoms with Crippen LogP contribution in [0.1, 0.15) is 10.4 Å². The molecule has 0 amide bonds. The summed E-state index contributed by atoms with van der Waals surface area (Å²) in [5, 5.41) is 0. The lowest BCUT2D eigenvalue weighted by Gasteiger charge is -2.19. The number of anilines is 1. The fourth-order valence-corrected chi connectivity index (χ4v) is 3.00. The first-order chi connectivity index (χ1) is 13.5. The van der Waals surface area contributed by atoms with E-state index in [2.05, 4.69) is 4.18 Å². The van der Waals surface area contributed by atoms with Gasteiger partial charge in [0.15, 0.2) is 17.8 Å². The predicted octanol–water partition coefficient (Wildman–Crippen LogP) is 3.48. The van der Waals surface area contributed by atoms with E-state index in [0.717, 1.165) is 12.8 Å². The maximum atomic E-state index is 12.7. The average molecular weight is 433 g/mol. The van der Waals surface area contributed by atoms with Crippen LogP contribution in [0.15, 0.2) is 30.3 Å². The van der Waals surface area contributed by atoms with E-state index in [0.29, 0.717) is 11.1 Å². The molecule has 2 rings (SSSR count). The number of carbonyl (C=O) groups is 1. The molecular weight excluding hydrogens is 415 g/mol. The zero-order valence-electron chi connectivity index (χ0n) is 15.9. The zero-order chi connectivity index (χ0) is 22.0. The summed E-state index contributed by atoms with van der Waals surface area (Å²) in [6.07, 6.45) is 0.139. The van der Waals surface area contributed by atoms with Gasteiger partial charge in [-0.1, -0.05) is 12.1 Å². The lowest BCUT2D eigenvalue weighted by atomic mass is 10.00. The van der Waals surface area contributed by atoms with Crippen LogP contribution in [0.5, 0.6) is 17.2 Å². The summed E-state index contributed by atoms with van der Waals surface area (Å²) in [4.78, 5) is 13.5. The second-order valence-corrected chi connectivity index (χ2v) is 7.48. The summed E-state index contributed by atoms with van der Waals surface area (Å²) >= 11 is 0. The minimum atomic E-state index is -6.03. The fourth-order valence-electron chi connectivity index (χ4n) is 2.52. The van der Waals surface area contributed by atoms with Gasteiger partial charge in [0.05, 0.1) is 14.2 Å². The van der Waals surface area contributed by atoms with Gasteiger partial charge in [-0.25, -0.2) is 0 Å². The molecule has 0 saturated carbocycles. The monoisotopic (exact) mass is 433 g/mol. The van der Waals surface area contributed by atoms with Gasteiger partial charge in [-0.3, -0.25) is 4.79 Å². The number of halogens is 3. The molecule has 0 fully saturated rings. The molecule has 0 saturated heterocycles. The van der Waals surface area contributed by atoms with Gasteiger partial charge in [0.2, 0.25) is 0 Å². The number of carbonyl (C=O) groups excluding carboxylic acids is 1. The molecule has 0 atom stereocenters. The van der Waals surface area contributed by atoms with Crippen LogP contribution in [0.3, 0.4) is 0 Å². The van der Waals surface area contributed by atoms with Gasteiger partial charge < -0.3 is 18.6 Å². The fraction of sp³-hybridized carbons (Fsp3) is 0.278. The topological polar surface area (TPSA) is 82.1 Å². The zero-order valence-corrected chi connectivity index (χ0v) is 16.7. The second kappa shape index (κ2) is 8.19. The lowest BCUT2D eigenvalue weighted by molar-refractivity contribution is -0.0500. The number of methoxy groups -OCH3 is 2. The molecule has 0 aliphatic carbocycles. The van der Waals surface area contributed by atoms with Gasteiger partial charge in [-0.15, -0.1) is 0 Å². The number of aldehydes is 1. The highest BCUT2D eigenvalue weighted by atomic mass is 32.2. The first-order valence-electron chi connectivity index (χ1n) is 7.99. The van der Waals surface area contributed by atoms with Gasteiger partial charge in [0, 0.05) is 25.3 Å². The van der Waals surface area contributed by atoms with Crippen LogP contribution >= 0.6 is 0 Å². The maximum Gasteiger partial charge on any atom is 0.534 e. The lowest BCUT2D eigenvalue weighted by Crippen LogP contribution is -2.28. The first kappa shape index (κ1) is 22.3. The van der Waals surface area contributed by atoms with E-state index < -0.39 is 26.9 Å². The number of hydrogen-bond donors (Lipinski definition) is 0. The van der Waals surface area contributed by atoms with E-state index >= 15 is 0 Å². The number of alkyl halides is 3. The van der Waals surface area contributed by atoms with E-state index in [4.69, 9.17) is 9.47 Å². The molecule has 0 aliphatic rings. The summed E-state index contributed by atoms with van der Waals surface area (Å²) in [6.45, 7) is 0. The third kappa shape index (κ3) is 4.39. The summed E-state index contributed by atoms with van der Waals surface area (Å²) < 4.78 is 75.5. The second-order valence-electron chi connectivity index (χ2n) is 5.94. The highest BCUT2D eigenvalue weighted by Crippen LogP contribution is 2.45.